The molecule has 1 heterocycles. The van der Waals surface area contributed by atoms with Crippen LogP contribution in [-0.4, -0.2) is 4.75 Å². The van der Waals surface area contributed by atoms with Gasteiger partial charge in [0.25, 0.3) is 0 Å². The zero-order valence-electron chi connectivity index (χ0n) is 11.7. The molecule has 2 heteroatoms. The Bertz CT molecular complexity index is 532. The predicted octanol–water partition coefficient (Wildman–Crippen LogP) is 5.45. The zero-order valence-corrected chi connectivity index (χ0v) is 12.5. The molecule has 0 N–H and O–H groups in total. The molecule has 1 aromatic carbocycles. The van der Waals surface area contributed by atoms with Gasteiger partial charge in [0.2, 0.25) is 0 Å². The topological polar surface area (TPSA) is 13.1 Å². The lowest BCUT2D eigenvalue weighted by Gasteiger charge is -2.18. The van der Waals surface area contributed by atoms with E-state index < -0.39 is 0 Å². The summed E-state index contributed by atoms with van der Waals surface area (Å²) in [6.07, 6.45) is 0. The summed E-state index contributed by atoms with van der Waals surface area (Å²) in [5.74, 6) is 2.02. The number of aryl methyl sites for hydroxylation is 1. The first-order valence-corrected chi connectivity index (χ1v) is 7.04. The van der Waals surface area contributed by atoms with E-state index in [9.17, 15) is 0 Å². The summed E-state index contributed by atoms with van der Waals surface area (Å²) in [7, 11) is 0. The molecule has 96 valence electrons. The number of hydrogen-bond acceptors (Lipinski definition) is 2. The van der Waals surface area contributed by atoms with Crippen LogP contribution in [-0.2, 0) is 0 Å². The quantitative estimate of drug-likeness (QED) is 0.666. The summed E-state index contributed by atoms with van der Waals surface area (Å²) in [6, 6.07) is 10.3. The van der Waals surface area contributed by atoms with E-state index in [1.165, 1.54) is 10.5 Å². The van der Waals surface area contributed by atoms with Crippen molar-refractivity contribution in [2.45, 2.75) is 44.3 Å². The second-order valence-corrected chi connectivity index (χ2v) is 7.36. The van der Waals surface area contributed by atoms with Gasteiger partial charge in [-0.15, -0.1) is 11.8 Å². The third kappa shape index (κ3) is 2.81. The minimum atomic E-state index is 0.185. The second-order valence-electron chi connectivity index (χ2n) is 5.52. The average molecular weight is 260 g/mol. The summed E-state index contributed by atoms with van der Waals surface area (Å²) < 4.78 is 6.14. The molecule has 2 aromatic rings. The Hall–Kier alpha value is -1.15. The van der Waals surface area contributed by atoms with E-state index >= 15 is 0 Å². The highest BCUT2D eigenvalue weighted by atomic mass is 32.2. The van der Waals surface area contributed by atoms with Gasteiger partial charge < -0.3 is 4.42 Å². The summed E-state index contributed by atoms with van der Waals surface area (Å²) in [6.45, 7) is 10.9. The van der Waals surface area contributed by atoms with E-state index in [0.717, 1.165) is 17.1 Å². The lowest BCUT2D eigenvalue weighted by atomic mass is 10.1. The Morgan fingerprint density at radius 1 is 1.00 bits per heavy atom. The molecule has 18 heavy (non-hydrogen) atoms. The van der Waals surface area contributed by atoms with E-state index in [2.05, 4.69) is 39.8 Å². The highest BCUT2D eigenvalue weighted by Gasteiger charge is 2.22. The maximum absolute atomic E-state index is 5.96. The van der Waals surface area contributed by atoms with Crippen LogP contribution < -0.4 is 0 Å². The molecule has 1 aromatic heterocycles. The zero-order chi connectivity index (χ0) is 13.3. The molecule has 0 saturated carbocycles. The van der Waals surface area contributed by atoms with Crippen LogP contribution in [0.5, 0.6) is 0 Å². The molecule has 0 fully saturated rings. The van der Waals surface area contributed by atoms with Gasteiger partial charge in [0.1, 0.15) is 11.5 Å². The van der Waals surface area contributed by atoms with E-state index in [0.29, 0.717) is 0 Å². The molecule has 1 nitrogen and oxygen atoms in total. The predicted molar refractivity (Wildman–Crippen MR) is 79.2 cm³/mol. The maximum Gasteiger partial charge on any atom is 0.148 e. The van der Waals surface area contributed by atoms with Crippen molar-refractivity contribution in [3.63, 3.8) is 0 Å². The third-order valence-electron chi connectivity index (χ3n) is 2.77. The normalized spacial score (nSPS) is 11.8. The third-order valence-corrected chi connectivity index (χ3v) is 4.08. The van der Waals surface area contributed by atoms with Crippen LogP contribution in [0.1, 0.15) is 32.1 Å². The van der Waals surface area contributed by atoms with E-state index in [-0.39, 0.29) is 4.75 Å². The molecular formula is C16H20OS. The van der Waals surface area contributed by atoms with Gasteiger partial charge in [-0.2, -0.15) is 0 Å². The first kappa shape index (κ1) is 13.3. The van der Waals surface area contributed by atoms with Gasteiger partial charge in [-0.3, -0.25) is 0 Å². The molecular weight excluding hydrogens is 240 g/mol. The fraction of sp³-hybridized carbons (Fsp3) is 0.375. The lowest BCUT2D eigenvalue weighted by molar-refractivity contribution is 0.543. The van der Waals surface area contributed by atoms with Crippen LogP contribution in [0.25, 0.3) is 11.3 Å². The molecule has 0 amide bonds. The summed E-state index contributed by atoms with van der Waals surface area (Å²) >= 11 is 1.88. The fourth-order valence-electron chi connectivity index (χ4n) is 1.81. The van der Waals surface area contributed by atoms with Crippen LogP contribution >= 0.6 is 11.8 Å². The van der Waals surface area contributed by atoms with Crippen LogP contribution in [0.15, 0.2) is 39.6 Å². The minimum absolute atomic E-state index is 0.185. The largest absolute Gasteiger partial charge is 0.460 e. The smallest absolute Gasteiger partial charge is 0.148 e. The monoisotopic (exact) mass is 260 g/mol. The van der Waals surface area contributed by atoms with Crippen LogP contribution in [0.2, 0.25) is 0 Å². The van der Waals surface area contributed by atoms with Crippen molar-refractivity contribution in [2.75, 3.05) is 0 Å². The van der Waals surface area contributed by atoms with Crippen LogP contribution in [0.4, 0.5) is 0 Å². The molecule has 0 unspecified atom stereocenters. The average Bonchev–Trinajstić information content (AvgIpc) is 2.57. The summed E-state index contributed by atoms with van der Waals surface area (Å²) in [4.78, 5) is 1.27. The van der Waals surface area contributed by atoms with Gasteiger partial charge in [-0.1, -0.05) is 51.1 Å². The molecule has 2 rings (SSSR count). The highest BCUT2D eigenvalue weighted by molar-refractivity contribution is 8.00. The van der Waals surface area contributed by atoms with Gasteiger partial charge in [0.15, 0.2) is 0 Å². The Morgan fingerprint density at radius 2 is 1.61 bits per heavy atom. The number of thioether (sulfide) groups is 1. The molecule has 0 aliphatic heterocycles. The van der Waals surface area contributed by atoms with Gasteiger partial charge in [-0.05, 0) is 13.8 Å². The van der Waals surface area contributed by atoms with Gasteiger partial charge in [0, 0.05) is 15.9 Å². The van der Waals surface area contributed by atoms with E-state index in [4.69, 9.17) is 4.42 Å². The molecule has 0 spiro atoms. The second kappa shape index (κ2) is 4.85. The maximum atomic E-state index is 5.96. The highest BCUT2D eigenvalue weighted by Crippen LogP contribution is 2.43. The standard InChI is InChI=1S/C16H20OS/c1-11-12(2)17-14(13-9-7-6-8-10-13)15(11)18-16(3,4)5/h6-10H,1-5H3. The van der Waals surface area contributed by atoms with Crippen molar-refractivity contribution in [1.29, 1.82) is 0 Å². The molecule has 0 bridgehead atoms. The van der Waals surface area contributed by atoms with Crippen LogP contribution in [0.3, 0.4) is 0 Å². The van der Waals surface area contributed by atoms with Gasteiger partial charge >= 0.3 is 0 Å². The fourth-order valence-corrected chi connectivity index (χ4v) is 2.98. The van der Waals surface area contributed by atoms with Crippen LogP contribution in [0, 0.1) is 13.8 Å². The van der Waals surface area contributed by atoms with Crippen molar-refractivity contribution >= 4 is 11.8 Å². The number of furan rings is 1. The molecule has 0 aliphatic rings. The van der Waals surface area contributed by atoms with Gasteiger partial charge in [-0.25, -0.2) is 0 Å². The van der Waals surface area contributed by atoms with Crippen molar-refractivity contribution in [2.24, 2.45) is 0 Å². The Morgan fingerprint density at radius 3 is 2.17 bits per heavy atom. The van der Waals surface area contributed by atoms with Crippen molar-refractivity contribution in [3.8, 4) is 11.3 Å². The first-order chi connectivity index (χ1) is 8.38. The number of hydrogen-bond donors (Lipinski definition) is 0. The van der Waals surface area contributed by atoms with Gasteiger partial charge in [0.05, 0.1) is 4.90 Å². The first-order valence-electron chi connectivity index (χ1n) is 6.23. The van der Waals surface area contributed by atoms with Crippen molar-refractivity contribution in [1.82, 2.24) is 0 Å². The van der Waals surface area contributed by atoms with Crippen molar-refractivity contribution in [3.05, 3.63) is 41.7 Å². The lowest BCUT2D eigenvalue weighted by Crippen LogP contribution is -2.07. The van der Waals surface area contributed by atoms with E-state index in [1.807, 2.05) is 36.9 Å². The van der Waals surface area contributed by atoms with E-state index in [1.54, 1.807) is 0 Å². The molecule has 0 radical (unpaired) electrons. The summed E-state index contributed by atoms with van der Waals surface area (Å²) in [5, 5.41) is 0. The Balaban J connectivity index is 2.52. The number of benzene rings is 1. The minimum Gasteiger partial charge on any atom is -0.460 e. The Labute approximate surface area is 114 Å². The van der Waals surface area contributed by atoms with Crippen molar-refractivity contribution < 1.29 is 4.42 Å². The molecule has 0 atom stereocenters. The Kier molecular flexibility index (Phi) is 3.58. The molecule has 0 saturated heterocycles. The SMILES string of the molecule is Cc1oc(-c2ccccc2)c(SC(C)(C)C)c1C. The molecule has 0 aliphatic carbocycles. The number of rotatable bonds is 2. The summed E-state index contributed by atoms with van der Waals surface area (Å²) in [5.41, 5.74) is 2.41.